The first-order chi connectivity index (χ1) is 15.1. The van der Waals surface area contributed by atoms with Crippen molar-refractivity contribution in [1.29, 1.82) is 0 Å². The van der Waals surface area contributed by atoms with Crippen LogP contribution >= 0.6 is 0 Å². The number of hydrogen-bond acceptors (Lipinski definition) is 7. The Labute approximate surface area is 176 Å². The number of aromatic nitrogens is 6. The predicted octanol–water partition coefficient (Wildman–Crippen LogP) is 2.53. The monoisotopic (exact) mass is 421 g/mol. The highest BCUT2D eigenvalue weighted by Crippen LogP contribution is 2.38. The van der Waals surface area contributed by atoms with Crippen LogP contribution in [0.2, 0.25) is 0 Å². The van der Waals surface area contributed by atoms with Gasteiger partial charge in [-0.2, -0.15) is 5.10 Å². The summed E-state index contributed by atoms with van der Waals surface area (Å²) >= 11 is 0. The van der Waals surface area contributed by atoms with E-state index in [4.69, 9.17) is 9.47 Å². The van der Waals surface area contributed by atoms with Gasteiger partial charge in [-0.1, -0.05) is 6.92 Å². The molecule has 1 N–H and O–H groups in total. The summed E-state index contributed by atoms with van der Waals surface area (Å²) in [6.45, 7) is 2.63. The summed E-state index contributed by atoms with van der Waals surface area (Å²) in [6.07, 6.45) is 2.77. The van der Waals surface area contributed by atoms with Crippen molar-refractivity contribution in [3.8, 4) is 22.9 Å². The van der Waals surface area contributed by atoms with Gasteiger partial charge in [-0.15, -0.1) is 10.2 Å². The van der Waals surface area contributed by atoms with E-state index in [0.29, 0.717) is 41.6 Å². The van der Waals surface area contributed by atoms with E-state index in [0.717, 1.165) is 29.1 Å². The van der Waals surface area contributed by atoms with Crippen molar-refractivity contribution in [1.82, 2.24) is 29.4 Å². The molecule has 4 aromatic rings. The van der Waals surface area contributed by atoms with Crippen molar-refractivity contribution < 1.29 is 13.9 Å². The van der Waals surface area contributed by atoms with E-state index in [2.05, 4.69) is 25.6 Å². The summed E-state index contributed by atoms with van der Waals surface area (Å²) in [7, 11) is 1.85. The number of halogens is 1. The first-order valence-electron chi connectivity index (χ1n) is 10.2. The third-order valence-corrected chi connectivity index (χ3v) is 5.82. The molecule has 2 aliphatic heterocycles. The molecule has 1 atom stereocenters. The van der Waals surface area contributed by atoms with Crippen molar-refractivity contribution in [3.63, 3.8) is 0 Å². The fraction of sp³-hybridized carbons (Fsp3) is 0.333. The van der Waals surface area contributed by atoms with Gasteiger partial charge in [0, 0.05) is 37.6 Å². The summed E-state index contributed by atoms with van der Waals surface area (Å²) in [5, 5.41) is 16.2. The third kappa shape index (κ3) is 2.74. The number of pyridine rings is 1. The van der Waals surface area contributed by atoms with Crippen LogP contribution in [0.3, 0.4) is 0 Å². The fourth-order valence-electron chi connectivity index (χ4n) is 4.30. The van der Waals surface area contributed by atoms with Crippen molar-refractivity contribution in [3.05, 3.63) is 47.3 Å². The lowest BCUT2D eigenvalue weighted by Gasteiger charge is -2.19. The zero-order valence-electron chi connectivity index (χ0n) is 17.1. The van der Waals surface area contributed by atoms with Gasteiger partial charge in [0.15, 0.2) is 28.9 Å². The average Bonchev–Trinajstić information content (AvgIpc) is 3.49. The number of benzene rings is 1. The highest BCUT2D eigenvalue weighted by atomic mass is 19.1. The molecule has 2 bridgehead atoms. The highest BCUT2D eigenvalue weighted by Gasteiger charge is 2.30. The SMILES string of the molecule is CCc1nc(-c2cc3c(n4cnnc24)NCc2c(F)ccc4c2CC(CO3)O4)n(C)n1. The lowest BCUT2D eigenvalue weighted by Crippen LogP contribution is -2.24. The molecule has 0 spiro atoms. The van der Waals surface area contributed by atoms with Gasteiger partial charge >= 0.3 is 0 Å². The zero-order chi connectivity index (χ0) is 21.1. The van der Waals surface area contributed by atoms with Gasteiger partial charge in [0.1, 0.15) is 30.6 Å². The molecule has 0 aliphatic carbocycles. The van der Waals surface area contributed by atoms with E-state index in [9.17, 15) is 4.39 Å². The topological polar surface area (TPSA) is 91.4 Å². The normalized spacial score (nSPS) is 17.1. The number of hydrogen-bond donors (Lipinski definition) is 1. The second-order valence-electron chi connectivity index (χ2n) is 7.74. The van der Waals surface area contributed by atoms with E-state index >= 15 is 0 Å². The molecule has 1 aromatic carbocycles. The molecule has 3 aromatic heterocycles. The second kappa shape index (κ2) is 6.66. The molecule has 6 rings (SSSR count). The van der Waals surface area contributed by atoms with Gasteiger partial charge in [-0.25, -0.2) is 14.1 Å². The maximum absolute atomic E-state index is 14.6. The fourth-order valence-corrected chi connectivity index (χ4v) is 4.30. The summed E-state index contributed by atoms with van der Waals surface area (Å²) in [6, 6.07) is 5.03. The molecule has 1 unspecified atom stereocenters. The first-order valence-corrected chi connectivity index (χ1v) is 10.2. The molecule has 0 radical (unpaired) electrons. The maximum Gasteiger partial charge on any atom is 0.173 e. The van der Waals surface area contributed by atoms with Crippen molar-refractivity contribution in [2.24, 2.45) is 7.05 Å². The summed E-state index contributed by atoms with van der Waals surface area (Å²) in [5.41, 5.74) is 2.87. The molecule has 9 nitrogen and oxygen atoms in total. The molecule has 5 heterocycles. The molecule has 0 fully saturated rings. The number of anilines is 1. The van der Waals surface area contributed by atoms with Gasteiger partial charge in [0.2, 0.25) is 0 Å². The lowest BCUT2D eigenvalue weighted by atomic mass is 10.0. The molecule has 0 amide bonds. The van der Waals surface area contributed by atoms with E-state index in [-0.39, 0.29) is 18.5 Å². The minimum atomic E-state index is -0.249. The number of aryl methyl sites for hydroxylation is 2. The molecule has 31 heavy (non-hydrogen) atoms. The van der Waals surface area contributed by atoms with Gasteiger partial charge in [0.05, 0.1) is 5.56 Å². The number of rotatable bonds is 2. The lowest BCUT2D eigenvalue weighted by molar-refractivity contribution is 0.148. The Morgan fingerprint density at radius 1 is 1.26 bits per heavy atom. The Kier molecular flexibility index (Phi) is 3.89. The Hall–Kier alpha value is -3.69. The molecule has 0 saturated carbocycles. The van der Waals surface area contributed by atoms with Crippen LogP contribution in [0.15, 0.2) is 24.5 Å². The minimum Gasteiger partial charge on any atom is -0.486 e. The van der Waals surface area contributed by atoms with Crippen LogP contribution in [-0.2, 0) is 26.4 Å². The Balaban J connectivity index is 1.51. The second-order valence-corrected chi connectivity index (χ2v) is 7.74. The van der Waals surface area contributed by atoms with Crippen molar-refractivity contribution >= 4 is 11.5 Å². The highest BCUT2D eigenvalue weighted by molar-refractivity contribution is 5.78. The Morgan fingerprint density at radius 3 is 3.00 bits per heavy atom. The standard InChI is InChI=1S/C21H20FN7O2/c1-3-18-25-19(28(2)27-18)13-7-17-21(29-10-24-26-20(13)29)23-8-14-12-6-11(9-30-17)31-16(12)5-4-15(14)22/h4-5,7,10-11,23H,3,6,8-9H2,1-2H3. The van der Waals surface area contributed by atoms with Crippen LogP contribution in [0.4, 0.5) is 10.2 Å². The number of ether oxygens (including phenoxy) is 2. The first kappa shape index (κ1) is 18.1. The zero-order valence-corrected chi connectivity index (χ0v) is 17.1. The molecular weight excluding hydrogens is 401 g/mol. The average molecular weight is 421 g/mol. The molecule has 0 saturated heterocycles. The number of fused-ring (bicyclic) bond motifs is 4. The number of nitrogens with one attached hydrogen (secondary N) is 1. The smallest absolute Gasteiger partial charge is 0.173 e. The van der Waals surface area contributed by atoms with Gasteiger partial charge < -0.3 is 14.8 Å². The third-order valence-electron chi connectivity index (χ3n) is 5.82. The van der Waals surface area contributed by atoms with Crippen LogP contribution in [0, 0.1) is 5.82 Å². The molecule has 10 heteroatoms. The summed E-state index contributed by atoms with van der Waals surface area (Å²) < 4.78 is 30.4. The van der Waals surface area contributed by atoms with Crippen LogP contribution < -0.4 is 14.8 Å². The maximum atomic E-state index is 14.6. The van der Waals surface area contributed by atoms with Gasteiger partial charge in [0.25, 0.3) is 0 Å². The van der Waals surface area contributed by atoms with E-state index in [1.54, 1.807) is 17.1 Å². The Morgan fingerprint density at radius 2 is 2.16 bits per heavy atom. The van der Waals surface area contributed by atoms with Gasteiger partial charge in [-0.3, -0.25) is 4.40 Å². The Bertz CT molecular complexity index is 1330. The quantitative estimate of drug-likeness (QED) is 0.532. The molecule has 2 aliphatic rings. The predicted molar refractivity (Wildman–Crippen MR) is 110 cm³/mol. The largest absolute Gasteiger partial charge is 0.486 e. The van der Waals surface area contributed by atoms with Gasteiger partial charge in [-0.05, 0) is 18.2 Å². The van der Waals surface area contributed by atoms with E-state index < -0.39 is 0 Å². The van der Waals surface area contributed by atoms with Crippen LogP contribution in [-0.4, -0.2) is 42.1 Å². The summed E-state index contributed by atoms with van der Waals surface area (Å²) in [4.78, 5) is 4.64. The summed E-state index contributed by atoms with van der Waals surface area (Å²) in [5.74, 6) is 3.14. The van der Waals surface area contributed by atoms with Crippen LogP contribution in [0.25, 0.3) is 17.0 Å². The minimum absolute atomic E-state index is 0.178. The molecular formula is C21H20FN7O2. The van der Waals surface area contributed by atoms with Crippen LogP contribution in [0.5, 0.6) is 11.5 Å². The number of nitrogens with zero attached hydrogens (tertiary/aromatic N) is 6. The van der Waals surface area contributed by atoms with E-state index in [1.807, 2.05) is 24.4 Å². The van der Waals surface area contributed by atoms with Crippen LogP contribution in [0.1, 0.15) is 23.9 Å². The molecule has 158 valence electrons. The van der Waals surface area contributed by atoms with Crippen molar-refractivity contribution in [2.45, 2.75) is 32.4 Å². The van der Waals surface area contributed by atoms with Crippen molar-refractivity contribution in [2.75, 3.05) is 11.9 Å². The van der Waals surface area contributed by atoms with E-state index in [1.165, 1.54) is 6.07 Å².